The van der Waals surface area contributed by atoms with Crippen LogP contribution in [0.2, 0.25) is 0 Å². The number of amides is 1. The molecule has 2 N–H and O–H groups in total. The summed E-state index contributed by atoms with van der Waals surface area (Å²) >= 11 is 3.44. The van der Waals surface area contributed by atoms with Crippen molar-refractivity contribution in [3.05, 3.63) is 34.3 Å². The standard InChI is InChI=1S/C17H25BrN2O/c1-13-5-3-4-6-16(13)19-17(21)12-20(2)11-14-7-9-15(18)10-8-14/h7-10,13,16H,3-6,11-12H2,1-2H3,(H,19,21)/p+1/t13-,16+/m1/s1. The summed E-state index contributed by atoms with van der Waals surface area (Å²) in [7, 11) is 2.08. The zero-order chi connectivity index (χ0) is 15.2. The van der Waals surface area contributed by atoms with Gasteiger partial charge >= 0.3 is 0 Å². The molecular formula is C17H26BrN2O+. The van der Waals surface area contributed by atoms with Crippen molar-refractivity contribution in [2.75, 3.05) is 13.6 Å². The molecule has 0 heterocycles. The molecule has 4 heteroatoms. The van der Waals surface area contributed by atoms with E-state index in [-0.39, 0.29) is 5.91 Å². The van der Waals surface area contributed by atoms with Crippen LogP contribution < -0.4 is 10.2 Å². The summed E-state index contributed by atoms with van der Waals surface area (Å²) in [5.74, 6) is 0.804. The van der Waals surface area contributed by atoms with Gasteiger partial charge < -0.3 is 10.2 Å². The van der Waals surface area contributed by atoms with Gasteiger partial charge in [-0.2, -0.15) is 0 Å². The molecule has 0 aromatic heterocycles. The SMILES string of the molecule is C[C@@H]1CCCC[C@@H]1NC(=O)C[NH+](C)Cc1ccc(Br)cc1. The number of carbonyl (C=O) groups is 1. The molecule has 2 rings (SSSR count). The normalized spacial score (nSPS) is 23.6. The first-order valence-corrected chi connectivity index (χ1v) is 8.69. The van der Waals surface area contributed by atoms with E-state index in [1.165, 1.54) is 29.7 Å². The Balaban J connectivity index is 1.77. The summed E-state index contributed by atoms with van der Waals surface area (Å²) in [4.78, 5) is 13.4. The Labute approximate surface area is 136 Å². The van der Waals surface area contributed by atoms with Gasteiger partial charge in [-0.25, -0.2) is 0 Å². The van der Waals surface area contributed by atoms with Crippen molar-refractivity contribution in [2.45, 2.75) is 45.2 Å². The fourth-order valence-corrected chi connectivity index (χ4v) is 3.34. The predicted octanol–water partition coefficient (Wildman–Crippen LogP) is 2.16. The molecule has 1 aliphatic carbocycles. The molecule has 1 aliphatic rings. The van der Waals surface area contributed by atoms with Crippen LogP contribution in [0.3, 0.4) is 0 Å². The third-order valence-corrected chi connectivity index (χ3v) is 4.87. The molecule has 0 spiro atoms. The minimum atomic E-state index is 0.184. The topological polar surface area (TPSA) is 33.5 Å². The lowest BCUT2D eigenvalue weighted by Crippen LogP contribution is -3.09. The first kappa shape index (κ1) is 16.5. The number of hydrogen-bond acceptors (Lipinski definition) is 1. The Morgan fingerprint density at radius 1 is 1.29 bits per heavy atom. The average molecular weight is 354 g/mol. The fourth-order valence-electron chi connectivity index (χ4n) is 3.08. The maximum absolute atomic E-state index is 12.2. The average Bonchev–Trinajstić information content (AvgIpc) is 2.44. The third-order valence-electron chi connectivity index (χ3n) is 4.34. The Bertz CT molecular complexity index is 460. The van der Waals surface area contributed by atoms with E-state index >= 15 is 0 Å². The third kappa shape index (κ3) is 5.44. The van der Waals surface area contributed by atoms with Gasteiger partial charge in [-0.05, 0) is 30.9 Å². The van der Waals surface area contributed by atoms with Crippen molar-refractivity contribution in [1.82, 2.24) is 5.32 Å². The molecule has 1 fully saturated rings. The molecule has 1 saturated carbocycles. The van der Waals surface area contributed by atoms with E-state index in [2.05, 4.69) is 47.4 Å². The van der Waals surface area contributed by atoms with E-state index < -0.39 is 0 Å². The maximum Gasteiger partial charge on any atom is 0.275 e. The van der Waals surface area contributed by atoms with Crippen LogP contribution in [0.25, 0.3) is 0 Å². The summed E-state index contributed by atoms with van der Waals surface area (Å²) in [6.45, 7) is 3.67. The van der Waals surface area contributed by atoms with Crippen molar-refractivity contribution in [3.8, 4) is 0 Å². The summed E-state index contributed by atoms with van der Waals surface area (Å²) < 4.78 is 1.09. The van der Waals surface area contributed by atoms with Gasteiger partial charge in [0.25, 0.3) is 5.91 Å². The van der Waals surface area contributed by atoms with Crippen molar-refractivity contribution in [3.63, 3.8) is 0 Å². The first-order valence-electron chi connectivity index (χ1n) is 7.89. The highest BCUT2D eigenvalue weighted by molar-refractivity contribution is 9.10. The van der Waals surface area contributed by atoms with Crippen LogP contribution in [-0.4, -0.2) is 25.5 Å². The molecule has 116 valence electrons. The zero-order valence-electron chi connectivity index (χ0n) is 13.0. The summed E-state index contributed by atoms with van der Waals surface area (Å²) in [6.07, 6.45) is 4.93. The smallest absolute Gasteiger partial charge is 0.275 e. The Morgan fingerprint density at radius 3 is 2.62 bits per heavy atom. The van der Waals surface area contributed by atoms with E-state index in [9.17, 15) is 4.79 Å². The van der Waals surface area contributed by atoms with Gasteiger partial charge in [-0.15, -0.1) is 0 Å². The van der Waals surface area contributed by atoms with E-state index in [1.54, 1.807) is 0 Å². The Kier molecular flexibility index (Phi) is 6.24. The molecule has 0 radical (unpaired) electrons. The largest absolute Gasteiger partial charge is 0.348 e. The van der Waals surface area contributed by atoms with Gasteiger partial charge in [0.05, 0.1) is 7.05 Å². The highest BCUT2D eigenvalue weighted by atomic mass is 79.9. The number of carbonyl (C=O) groups excluding carboxylic acids is 1. The summed E-state index contributed by atoms with van der Waals surface area (Å²) in [6, 6.07) is 8.69. The highest BCUT2D eigenvalue weighted by Crippen LogP contribution is 2.23. The van der Waals surface area contributed by atoms with Gasteiger partial charge in [-0.1, -0.05) is 47.8 Å². The molecule has 3 atom stereocenters. The number of nitrogens with one attached hydrogen (secondary N) is 2. The van der Waals surface area contributed by atoms with Crippen LogP contribution in [-0.2, 0) is 11.3 Å². The van der Waals surface area contributed by atoms with E-state index in [1.807, 2.05) is 12.1 Å². The molecule has 0 bridgehead atoms. The van der Waals surface area contributed by atoms with Crippen molar-refractivity contribution in [1.29, 1.82) is 0 Å². The minimum Gasteiger partial charge on any atom is -0.348 e. The molecule has 1 unspecified atom stereocenters. The molecule has 21 heavy (non-hydrogen) atoms. The second-order valence-corrected chi connectivity index (χ2v) is 7.29. The Morgan fingerprint density at radius 2 is 1.95 bits per heavy atom. The van der Waals surface area contributed by atoms with Crippen molar-refractivity contribution < 1.29 is 9.69 Å². The van der Waals surface area contributed by atoms with Crippen molar-refractivity contribution in [2.24, 2.45) is 5.92 Å². The van der Waals surface area contributed by atoms with Gasteiger partial charge in [0, 0.05) is 16.1 Å². The van der Waals surface area contributed by atoms with Crippen LogP contribution in [0.4, 0.5) is 0 Å². The number of rotatable bonds is 5. The summed E-state index contributed by atoms with van der Waals surface area (Å²) in [5, 5.41) is 3.23. The van der Waals surface area contributed by atoms with E-state index in [0.717, 1.165) is 17.4 Å². The van der Waals surface area contributed by atoms with Gasteiger partial charge in [0.2, 0.25) is 0 Å². The monoisotopic (exact) mass is 353 g/mol. The second kappa shape index (κ2) is 7.95. The zero-order valence-corrected chi connectivity index (χ0v) is 14.6. The number of quaternary nitrogens is 1. The molecule has 0 saturated heterocycles. The second-order valence-electron chi connectivity index (χ2n) is 6.37. The fraction of sp³-hybridized carbons (Fsp3) is 0.588. The Hall–Kier alpha value is -0.870. The van der Waals surface area contributed by atoms with Crippen LogP contribution in [0.5, 0.6) is 0 Å². The number of likely N-dealkylation sites (N-methyl/N-ethyl adjacent to an activating group) is 1. The molecule has 3 nitrogen and oxygen atoms in total. The molecule has 1 aromatic carbocycles. The van der Waals surface area contributed by atoms with E-state index in [4.69, 9.17) is 0 Å². The molecule has 1 amide bonds. The van der Waals surface area contributed by atoms with Gasteiger partial charge in [0.15, 0.2) is 6.54 Å². The summed E-state index contributed by atoms with van der Waals surface area (Å²) in [5.41, 5.74) is 1.26. The van der Waals surface area contributed by atoms with Crippen LogP contribution >= 0.6 is 15.9 Å². The number of benzene rings is 1. The lowest BCUT2D eigenvalue weighted by Gasteiger charge is -2.29. The number of halogens is 1. The van der Waals surface area contributed by atoms with Gasteiger partial charge in [0.1, 0.15) is 6.54 Å². The van der Waals surface area contributed by atoms with Gasteiger partial charge in [-0.3, -0.25) is 4.79 Å². The first-order chi connectivity index (χ1) is 10.0. The number of hydrogen-bond donors (Lipinski definition) is 2. The molecule has 0 aliphatic heterocycles. The lowest BCUT2D eigenvalue weighted by molar-refractivity contribution is -0.885. The van der Waals surface area contributed by atoms with E-state index in [0.29, 0.717) is 18.5 Å². The highest BCUT2D eigenvalue weighted by Gasteiger charge is 2.23. The van der Waals surface area contributed by atoms with Crippen molar-refractivity contribution >= 4 is 21.8 Å². The molecule has 1 aromatic rings. The molecular weight excluding hydrogens is 328 g/mol. The maximum atomic E-state index is 12.2. The predicted molar refractivity (Wildman–Crippen MR) is 89.2 cm³/mol. The van der Waals surface area contributed by atoms with Crippen LogP contribution in [0.15, 0.2) is 28.7 Å². The lowest BCUT2D eigenvalue weighted by atomic mass is 9.86. The van der Waals surface area contributed by atoms with Crippen LogP contribution in [0, 0.1) is 5.92 Å². The quantitative estimate of drug-likeness (QED) is 0.835. The van der Waals surface area contributed by atoms with Crippen LogP contribution in [0.1, 0.15) is 38.2 Å². The minimum absolute atomic E-state index is 0.184.